The first-order valence-corrected chi connectivity index (χ1v) is 10.9. The van der Waals surface area contributed by atoms with Crippen molar-refractivity contribution in [3.05, 3.63) is 36.0 Å². The summed E-state index contributed by atoms with van der Waals surface area (Å²) < 4.78 is 0. The van der Waals surface area contributed by atoms with Gasteiger partial charge in [-0.05, 0) is 18.6 Å². The van der Waals surface area contributed by atoms with Crippen LogP contribution in [0, 0.1) is 0 Å². The molecule has 14 nitrogen and oxygen atoms in total. The maximum absolute atomic E-state index is 12.9. The number of carbonyl (C=O) groups is 6. The summed E-state index contributed by atoms with van der Waals surface area (Å²) >= 11 is 0. The fourth-order valence-corrected chi connectivity index (χ4v) is 3.39. The third-order valence-corrected chi connectivity index (χ3v) is 5.20. The molecule has 0 aliphatic carbocycles. The van der Waals surface area contributed by atoms with Crippen LogP contribution in [0.2, 0.25) is 0 Å². The molecule has 4 atom stereocenters. The number of carbonyl (C=O) groups excluding carboxylic acids is 5. The van der Waals surface area contributed by atoms with Crippen molar-refractivity contribution in [2.75, 3.05) is 0 Å². The van der Waals surface area contributed by atoms with E-state index in [-0.39, 0.29) is 6.42 Å². The number of rotatable bonds is 13. The number of carboxylic acids is 1. The molecular formula is C22H29N7O7. The molecule has 194 valence electrons. The quantitative estimate of drug-likeness (QED) is 0.143. The second-order valence-corrected chi connectivity index (χ2v) is 8.21. The molecule has 2 aromatic rings. The van der Waals surface area contributed by atoms with Crippen LogP contribution in [0.15, 0.2) is 30.5 Å². The third kappa shape index (κ3) is 7.80. The van der Waals surface area contributed by atoms with E-state index < -0.39 is 72.5 Å². The van der Waals surface area contributed by atoms with Crippen LogP contribution in [0.4, 0.5) is 0 Å². The van der Waals surface area contributed by atoms with Crippen molar-refractivity contribution in [2.24, 2.45) is 17.2 Å². The Hall–Kier alpha value is -4.46. The molecule has 0 saturated carbocycles. The molecule has 1 heterocycles. The summed E-state index contributed by atoms with van der Waals surface area (Å²) in [5.41, 5.74) is 17.2. The smallest absolute Gasteiger partial charge is 0.326 e. The summed E-state index contributed by atoms with van der Waals surface area (Å²) in [5, 5.41) is 17.2. The van der Waals surface area contributed by atoms with E-state index in [0.29, 0.717) is 5.56 Å². The summed E-state index contributed by atoms with van der Waals surface area (Å²) in [6, 6.07) is 1.65. The zero-order chi connectivity index (χ0) is 27.0. The van der Waals surface area contributed by atoms with Gasteiger partial charge in [-0.1, -0.05) is 18.2 Å². The summed E-state index contributed by atoms with van der Waals surface area (Å²) in [4.78, 5) is 75.3. The molecule has 1 aromatic carbocycles. The van der Waals surface area contributed by atoms with E-state index in [1.807, 2.05) is 0 Å². The lowest BCUT2D eigenvalue weighted by molar-refractivity contribution is -0.142. The van der Waals surface area contributed by atoms with Gasteiger partial charge in [0, 0.05) is 23.5 Å². The minimum Gasteiger partial charge on any atom is -0.480 e. The molecular weight excluding hydrogens is 474 g/mol. The van der Waals surface area contributed by atoms with E-state index in [2.05, 4.69) is 20.9 Å². The molecule has 0 aliphatic rings. The van der Waals surface area contributed by atoms with Gasteiger partial charge in [0.15, 0.2) is 0 Å². The van der Waals surface area contributed by atoms with Crippen LogP contribution >= 0.6 is 0 Å². The van der Waals surface area contributed by atoms with Gasteiger partial charge in [0.2, 0.25) is 29.5 Å². The van der Waals surface area contributed by atoms with Gasteiger partial charge in [-0.15, -0.1) is 0 Å². The summed E-state index contributed by atoms with van der Waals surface area (Å²) in [6.45, 7) is 1.34. The molecule has 1 aromatic heterocycles. The lowest BCUT2D eigenvalue weighted by Crippen LogP contribution is -2.58. The Balaban J connectivity index is 2.20. The standard InChI is InChI=1S/C22H29N7O7/c1-10(23)19(32)27-14(7-17(24)30)20(33)28-15(8-18(25)31)21(34)29-16(22(35)36)6-11-9-26-13-5-3-2-4-12(11)13/h2-5,9-10,14-16,26H,6-8,23H2,1H3,(H2,24,30)(H2,25,31)(H,27,32)(H,28,33)(H,29,34)(H,35,36). The topological polar surface area (TPSA) is 253 Å². The summed E-state index contributed by atoms with van der Waals surface area (Å²) in [5.74, 6) is -6.05. The van der Waals surface area contributed by atoms with Crippen LogP contribution in [0.5, 0.6) is 0 Å². The highest BCUT2D eigenvalue weighted by Crippen LogP contribution is 2.19. The van der Waals surface area contributed by atoms with Gasteiger partial charge in [-0.2, -0.15) is 0 Å². The Morgan fingerprint density at radius 3 is 1.86 bits per heavy atom. The normalized spacial score (nSPS) is 14.2. The number of nitrogens with two attached hydrogens (primary N) is 3. The molecule has 14 heteroatoms. The fourth-order valence-electron chi connectivity index (χ4n) is 3.39. The van der Waals surface area contributed by atoms with Gasteiger partial charge in [0.25, 0.3) is 0 Å². The number of aromatic nitrogens is 1. The maximum atomic E-state index is 12.9. The predicted molar refractivity (Wildman–Crippen MR) is 127 cm³/mol. The molecule has 0 saturated heterocycles. The van der Waals surface area contributed by atoms with Gasteiger partial charge in [-0.25, -0.2) is 4.79 Å². The number of amides is 5. The Morgan fingerprint density at radius 1 is 0.861 bits per heavy atom. The van der Waals surface area contributed by atoms with E-state index in [4.69, 9.17) is 17.2 Å². The highest BCUT2D eigenvalue weighted by molar-refractivity contribution is 5.97. The minimum atomic E-state index is -1.60. The zero-order valence-electron chi connectivity index (χ0n) is 19.4. The average molecular weight is 504 g/mol. The van der Waals surface area contributed by atoms with E-state index in [1.165, 1.54) is 6.92 Å². The van der Waals surface area contributed by atoms with Gasteiger partial charge in [0.05, 0.1) is 18.9 Å². The highest BCUT2D eigenvalue weighted by Gasteiger charge is 2.32. The van der Waals surface area contributed by atoms with Crippen LogP contribution in [-0.4, -0.2) is 69.8 Å². The number of benzene rings is 1. The number of aromatic amines is 1. The molecule has 0 bridgehead atoms. The third-order valence-electron chi connectivity index (χ3n) is 5.20. The minimum absolute atomic E-state index is 0.100. The van der Waals surface area contributed by atoms with Crippen LogP contribution in [-0.2, 0) is 35.2 Å². The zero-order valence-corrected chi connectivity index (χ0v) is 19.4. The number of para-hydroxylation sites is 1. The maximum Gasteiger partial charge on any atom is 0.326 e. The lowest BCUT2D eigenvalue weighted by Gasteiger charge is -2.24. The first-order chi connectivity index (χ1) is 16.9. The molecule has 0 radical (unpaired) electrons. The van der Waals surface area contributed by atoms with Crippen LogP contribution in [0.25, 0.3) is 10.9 Å². The molecule has 2 rings (SSSR count). The second-order valence-electron chi connectivity index (χ2n) is 8.21. The van der Waals surface area contributed by atoms with Gasteiger partial charge in [-0.3, -0.25) is 24.0 Å². The number of carboxylic acid groups (broad SMARTS) is 1. The van der Waals surface area contributed by atoms with E-state index in [0.717, 1.165) is 10.9 Å². The number of H-pyrrole nitrogens is 1. The molecule has 5 amide bonds. The predicted octanol–water partition coefficient (Wildman–Crippen LogP) is -2.65. The molecule has 0 fully saturated rings. The lowest BCUT2D eigenvalue weighted by atomic mass is 10.0. The van der Waals surface area contributed by atoms with Crippen molar-refractivity contribution in [3.8, 4) is 0 Å². The molecule has 36 heavy (non-hydrogen) atoms. The summed E-state index contributed by atoms with van der Waals surface area (Å²) in [7, 11) is 0. The number of nitrogens with one attached hydrogen (secondary N) is 4. The van der Waals surface area contributed by atoms with E-state index in [9.17, 15) is 33.9 Å². The second kappa shape index (κ2) is 12.3. The molecule has 4 unspecified atom stereocenters. The van der Waals surface area contributed by atoms with Crippen molar-refractivity contribution < 1.29 is 33.9 Å². The van der Waals surface area contributed by atoms with E-state index in [1.54, 1.807) is 30.5 Å². The molecule has 0 spiro atoms. The average Bonchev–Trinajstić information content (AvgIpc) is 3.19. The Kier molecular flexibility index (Phi) is 9.50. The SMILES string of the molecule is CC(N)C(=O)NC(CC(N)=O)C(=O)NC(CC(N)=O)C(=O)NC(Cc1c[nH]c2ccccc12)C(=O)O. The first kappa shape index (κ1) is 27.8. The van der Waals surface area contributed by atoms with Crippen molar-refractivity contribution in [1.29, 1.82) is 0 Å². The van der Waals surface area contributed by atoms with E-state index >= 15 is 0 Å². The van der Waals surface area contributed by atoms with Gasteiger partial charge < -0.3 is 43.2 Å². The highest BCUT2D eigenvalue weighted by atomic mass is 16.4. The van der Waals surface area contributed by atoms with Gasteiger partial charge >= 0.3 is 5.97 Å². The largest absolute Gasteiger partial charge is 0.480 e. The van der Waals surface area contributed by atoms with Crippen LogP contribution in [0.3, 0.4) is 0 Å². The van der Waals surface area contributed by atoms with Crippen molar-refractivity contribution in [1.82, 2.24) is 20.9 Å². The monoisotopic (exact) mass is 503 g/mol. The van der Waals surface area contributed by atoms with Crippen molar-refractivity contribution >= 4 is 46.4 Å². The number of aliphatic carboxylic acids is 1. The fraction of sp³-hybridized carbons (Fsp3) is 0.364. The van der Waals surface area contributed by atoms with Crippen LogP contribution in [0.1, 0.15) is 25.3 Å². The van der Waals surface area contributed by atoms with Crippen molar-refractivity contribution in [3.63, 3.8) is 0 Å². The van der Waals surface area contributed by atoms with Crippen molar-refractivity contribution in [2.45, 2.75) is 50.4 Å². The molecule has 11 N–H and O–H groups in total. The molecule has 0 aliphatic heterocycles. The number of hydrogen-bond acceptors (Lipinski definition) is 7. The Bertz CT molecular complexity index is 1160. The van der Waals surface area contributed by atoms with Crippen LogP contribution < -0.4 is 33.2 Å². The first-order valence-electron chi connectivity index (χ1n) is 10.9. The summed E-state index contributed by atoms with van der Waals surface area (Å²) in [6.07, 6.45) is 0.219. The number of hydrogen-bond donors (Lipinski definition) is 8. The number of fused-ring (bicyclic) bond motifs is 1. The Labute approximate surface area is 205 Å². The Morgan fingerprint density at radius 2 is 1.36 bits per heavy atom. The number of primary amides is 2. The van der Waals surface area contributed by atoms with Gasteiger partial charge in [0.1, 0.15) is 18.1 Å².